The van der Waals surface area contributed by atoms with Crippen LogP contribution in [0.3, 0.4) is 0 Å². The van der Waals surface area contributed by atoms with Gasteiger partial charge in [-0.2, -0.15) is 0 Å². The maximum Gasteiger partial charge on any atom is 0.302 e. The monoisotopic (exact) mass is 476 g/mol. The van der Waals surface area contributed by atoms with Gasteiger partial charge in [0.15, 0.2) is 5.79 Å². The first kappa shape index (κ1) is 23.4. The molecule has 0 aromatic heterocycles. The summed E-state index contributed by atoms with van der Waals surface area (Å²) in [4.78, 5) is 11.6. The maximum absolute atomic E-state index is 11.6. The normalized spacial score (nSPS) is 44.3. The van der Waals surface area contributed by atoms with Crippen molar-refractivity contribution in [1.29, 1.82) is 0 Å². The molecule has 7 heteroatoms. The zero-order valence-corrected chi connectivity index (χ0v) is 20.7. The molecule has 2 heterocycles. The number of hydrogen-bond acceptors (Lipinski definition) is 7. The van der Waals surface area contributed by atoms with E-state index in [-0.39, 0.29) is 41.7 Å². The number of esters is 1. The second-order valence-electron chi connectivity index (χ2n) is 11.9. The molecule has 2 saturated heterocycles. The third-order valence-corrected chi connectivity index (χ3v) is 10.7. The summed E-state index contributed by atoms with van der Waals surface area (Å²) >= 11 is 0. The molecule has 34 heavy (non-hydrogen) atoms. The zero-order chi connectivity index (χ0) is 23.6. The molecule has 6 rings (SSSR count). The summed E-state index contributed by atoms with van der Waals surface area (Å²) in [6.07, 6.45) is 10.6. The van der Waals surface area contributed by atoms with E-state index in [1.807, 2.05) is 0 Å². The highest BCUT2D eigenvalue weighted by Gasteiger charge is 2.66. The fourth-order valence-electron chi connectivity index (χ4n) is 9.18. The molecule has 5 fully saturated rings. The van der Waals surface area contributed by atoms with E-state index in [0.29, 0.717) is 44.2 Å². The van der Waals surface area contributed by atoms with E-state index < -0.39 is 5.79 Å². The van der Waals surface area contributed by atoms with E-state index >= 15 is 0 Å². The van der Waals surface area contributed by atoms with Gasteiger partial charge in [0.05, 0.1) is 26.4 Å². The van der Waals surface area contributed by atoms with Crippen LogP contribution in [0.1, 0.15) is 65.2 Å². The third kappa shape index (κ3) is 3.30. The predicted molar refractivity (Wildman–Crippen MR) is 123 cm³/mol. The van der Waals surface area contributed by atoms with Crippen LogP contribution in [0.15, 0.2) is 11.6 Å². The highest BCUT2D eigenvalue weighted by atomic mass is 16.8. The molecular weight excluding hydrogens is 436 g/mol. The standard InChI is InChI=1S/C27H40O7/c1-18(29)30-17-27(33-13-14-34-27)23-6-5-22-20-4-3-19-15-26(31-11-12-32-26)10-9-24(19,2)21(20)7-8-25(22,23)16-28/h3,20-23,28H,4-17H2,1-2H3/t20-,21+,22+,23+,24+,25-/m1/s1. The fourth-order valence-corrected chi connectivity index (χ4v) is 9.18. The molecule has 6 aliphatic rings. The third-order valence-electron chi connectivity index (χ3n) is 10.7. The number of carbonyl (C=O) groups is 1. The lowest BCUT2D eigenvalue weighted by molar-refractivity contribution is -0.256. The number of fused-ring (bicyclic) bond motifs is 5. The Morgan fingerprint density at radius 2 is 1.76 bits per heavy atom. The second-order valence-corrected chi connectivity index (χ2v) is 11.9. The molecule has 0 amide bonds. The van der Waals surface area contributed by atoms with Crippen LogP contribution in [0, 0.1) is 34.5 Å². The van der Waals surface area contributed by atoms with E-state index in [1.165, 1.54) is 12.5 Å². The average molecular weight is 477 g/mol. The molecule has 0 aromatic carbocycles. The largest absolute Gasteiger partial charge is 0.460 e. The number of aliphatic hydroxyl groups is 1. The van der Waals surface area contributed by atoms with E-state index in [1.54, 1.807) is 0 Å². The zero-order valence-electron chi connectivity index (χ0n) is 20.7. The van der Waals surface area contributed by atoms with E-state index in [4.69, 9.17) is 23.7 Å². The Kier molecular flexibility index (Phi) is 5.69. The topological polar surface area (TPSA) is 83.5 Å². The minimum Gasteiger partial charge on any atom is -0.460 e. The molecule has 1 spiro atoms. The van der Waals surface area contributed by atoms with E-state index in [2.05, 4.69) is 13.0 Å². The van der Waals surface area contributed by atoms with Gasteiger partial charge in [-0.3, -0.25) is 4.79 Å². The Balaban J connectivity index is 1.28. The minimum atomic E-state index is -0.927. The van der Waals surface area contributed by atoms with Gasteiger partial charge in [0, 0.05) is 37.7 Å². The van der Waals surface area contributed by atoms with Crippen molar-refractivity contribution < 1.29 is 33.6 Å². The summed E-state index contributed by atoms with van der Waals surface area (Å²) in [7, 11) is 0. The molecule has 3 saturated carbocycles. The molecule has 7 nitrogen and oxygen atoms in total. The molecule has 6 atom stereocenters. The lowest BCUT2D eigenvalue weighted by Crippen LogP contribution is -2.58. The predicted octanol–water partition coefficient (Wildman–Crippen LogP) is 3.59. The molecular formula is C27H40O7. The smallest absolute Gasteiger partial charge is 0.302 e. The molecule has 2 aliphatic heterocycles. The number of hydrogen-bond donors (Lipinski definition) is 1. The molecule has 190 valence electrons. The Morgan fingerprint density at radius 3 is 2.47 bits per heavy atom. The average Bonchev–Trinajstić information content (AvgIpc) is 3.57. The Bertz CT molecular complexity index is 842. The summed E-state index contributed by atoms with van der Waals surface area (Å²) in [6.45, 7) is 6.57. The summed E-state index contributed by atoms with van der Waals surface area (Å²) in [5, 5.41) is 10.9. The van der Waals surface area contributed by atoms with Gasteiger partial charge in [-0.1, -0.05) is 18.6 Å². The molecule has 1 N–H and O–H groups in total. The molecule has 0 aromatic rings. The molecule has 0 bridgehead atoms. The van der Waals surface area contributed by atoms with Crippen molar-refractivity contribution in [3.05, 3.63) is 11.6 Å². The minimum absolute atomic E-state index is 0.0332. The van der Waals surface area contributed by atoms with Gasteiger partial charge in [-0.15, -0.1) is 0 Å². The van der Waals surface area contributed by atoms with Gasteiger partial charge < -0.3 is 28.8 Å². The second kappa shape index (κ2) is 8.27. The lowest BCUT2D eigenvalue weighted by Gasteiger charge is -2.60. The fraction of sp³-hybridized carbons (Fsp3) is 0.889. The first-order valence-electron chi connectivity index (χ1n) is 13.4. The van der Waals surface area contributed by atoms with Crippen LogP contribution in [-0.2, 0) is 28.5 Å². The van der Waals surface area contributed by atoms with Crippen molar-refractivity contribution in [3.8, 4) is 0 Å². The first-order chi connectivity index (χ1) is 16.4. The van der Waals surface area contributed by atoms with Gasteiger partial charge in [0.1, 0.15) is 6.61 Å². The first-order valence-corrected chi connectivity index (χ1v) is 13.4. The highest BCUT2D eigenvalue weighted by molar-refractivity contribution is 5.65. The van der Waals surface area contributed by atoms with E-state index in [0.717, 1.165) is 51.4 Å². The number of ether oxygens (including phenoxy) is 5. The summed E-state index contributed by atoms with van der Waals surface area (Å²) in [6, 6.07) is 0. The van der Waals surface area contributed by atoms with Crippen LogP contribution in [-0.4, -0.2) is 62.3 Å². The van der Waals surface area contributed by atoms with Crippen LogP contribution in [0.5, 0.6) is 0 Å². The van der Waals surface area contributed by atoms with E-state index in [9.17, 15) is 9.90 Å². The maximum atomic E-state index is 11.6. The number of carbonyl (C=O) groups excluding carboxylic acids is 1. The van der Waals surface area contributed by atoms with Crippen molar-refractivity contribution in [2.45, 2.75) is 76.8 Å². The Hall–Kier alpha value is -0.990. The van der Waals surface area contributed by atoms with Crippen molar-refractivity contribution in [2.24, 2.45) is 34.5 Å². The van der Waals surface area contributed by atoms with Crippen LogP contribution < -0.4 is 0 Å². The van der Waals surface area contributed by atoms with Crippen molar-refractivity contribution >= 4 is 5.97 Å². The molecule has 0 radical (unpaired) electrons. The van der Waals surface area contributed by atoms with Gasteiger partial charge in [-0.05, 0) is 61.7 Å². The molecule has 0 unspecified atom stereocenters. The van der Waals surface area contributed by atoms with Crippen LogP contribution in [0.25, 0.3) is 0 Å². The van der Waals surface area contributed by atoms with Crippen molar-refractivity contribution in [3.63, 3.8) is 0 Å². The van der Waals surface area contributed by atoms with Crippen LogP contribution in [0.4, 0.5) is 0 Å². The summed E-state index contributed by atoms with van der Waals surface area (Å²) < 4.78 is 30.0. The SMILES string of the molecule is CC(=O)OCC1([C@H]2CC[C@H]3[C@@H]4CC=C5CC6(CC[C@]5(C)[C@H]4CC[C@]23CO)OCCO6)OCCO1. The van der Waals surface area contributed by atoms with Gasteiger partial charge in [0.2, 0.25) is 5.79 Å². The highest BCUT2D eigenvalue weighted by Crippen LogP contribution is 2.68. The summed E-state index contributed by atoms with van der Waals surface area (Å²) in [5.41, 5.74) is 1.46. The Morgan fingerprint density at radius 1 is 1.03 bits per heavy atom. The summed E-state index contributed by atoms with van der Waals surface area (Å²) in [5.74, 6) is -0.0166. The van der Waals surface area contributed by atoms with Crippen LogP contribution in [0.2, 0.25) is 0 Å². The van der Waals surface area contributed by atoms with Gasteiger partial charge in [0.25, 0.3) is 0 Å². The van der Waals surface area contributed by atoms with Gasteiger partial charge >= 0.3 is 5.97 Å². The number of allylic oxidation sites excluding steroid dienone is 1. The van der Waals surface area contributed by atoms with Crippen molar-refractivity contribution in [2.75, 3.05) is 39.6 Å². The van der Waals surface area contributed by atoms with Crippen molar-refractivity contribution in [1.82, 2.24) is 0 Å². The molecule has 4 aliphatic carbocycles. The quantitative estimate of drug-likeness (QED) is 0.490. The number of rotatable bonds is 4. The Labute approximate surface area is 202 Å². The lowest BCUT2D eigenvalue weighted by atomic mass is 9.46. The number of aliphatic hydroxyl groups excluding tert-OH is 1. The van der Waals surface area contributed by atoms with Gasteiger partial charge in [-0.25, -0.2) is 0 Å². The van der Waals surface area contributed by atoms with Crippen LogP contribution >= 0.6 is 0 Å².